The number of hydrogen-bond donors (Lipinski definition) is 0. The monoisotopic (exact) mass is 910 g/mol. The number of fused-ring (bicyclic) bond motifs is 6. The summed E-state index contributed by atoms with van der Waals surface area (Å²) >= 11 is 0. The third-order valence-corrected chi connectivity index (χ3v) is 20.8. The fourth-order valence-corrected chi connectivity index (χ4v) is 17.7. The molecular formula is C67H50N2Si. The Bertz CT molecular complexity index is 3920. The van der Waals surface area contributed by atoms with Crippen LogP contribution in [0.1, 0.15) is 13.3 Å². The van der Waals surface area contributed by atoms with Crippen LogP contribution in [0.4, 0.5) is 0 Å². The zero-order chi connectivity index (χ0) is 46.7. The standard InChI is InChI=1S/C67H50N2Si/c1-67(41-18-7-19-42-67)70(56-29-14-5-15-30-56,57-31-16-6-17-32-57)58-36-38-60-62-45-52(35-40-64(62)69(66(60)47-58)55-27-12-4-13-28-55)51-34-39-63-61(44-51)59-37-33-53(46-65(59)68(63)54-25-10-3-11-26-54)50-24-20-23-49(43-50)48-21-8-2-9-22-48/h2-41,43-47H,42H2,1H3. The molecule has 0 fully saturated rings. The molecule has 2 nitrogen and oxygen atoms in total. The first kappa shape index (κ1) is 41.7. The summed E-state index contributed by atoms with van der Waals surface area (Å²) in [6.45, 7) is 2.50. The molecule has 70 heavy (non-hydrogen) atoms. The van der Waals surface area contributed by atoms with Crippen LogP contribution in [0.25, 0.3) is 88.4 Å². The van der Waals surface area contributed by atoms with Gasteiger partial charge in [-0.2, -0.15) is 0 Å². The maximum absolute atomic E-state index is 2.77. The van der Waals surface area contributed by atoms with Crippen LogP contribution in [0.5, 0.6) is 0 Å². The van der Waals surface area contributed by atoms with Crippen molar-refractivity contribution in [3.8, 4) is 44.8 Å². The maximum atomic E-state index is 2.56. The van der Waals surface area contributed by atoms with Gasteiger partial charge in [-0.05, 0) is 127 Å². The summed E-state index contributed by atoms with van der Waals surface area (Å²) in [4.78, 5) is 0. The number of benzene rings is 10. The zero-order valence-corrected chi connectivity index (χ0v) is 40.1. The Morgan fingerprint density at radius 1 is 0.329 bits per heavy atom. The summed E-state index contributed by atoms with van der Waals surface area (Å²) in [6, 6.07) is 92.7. The number of para-hydroxylation sites is 2. The van der Waals surface area contributed by atoms with Crippen LogP contribution in [-0.4, -0.2) is 17.2 Å². The first-order valence-electron chi connectivity index (χ1n) is 24.5. The van der Waals surface area contributed by atoms with Gasteiger partial charge in [-0.3, -0.25) is 0 Å². The molecule has 1 atom stereocenters. The lowest BCUT2D eigenvalue weighted by Crippen LogP contribution is -2.73. The van der Waals surface area contributed by atoms with Crippen LogP contribution >= 0.6 is 0 Å². The van der Waals surface area contributed by atoms with E-state index in [9.17, 15) is 0 Å². The second kappa shape index (κ2) is 16.9. The minimum Gasteiger partial charge on any atom is -0.309 e. The van der Waals surface area contributed by atoms with Crippen molar-refractivity contribution in [1.29, 1.82) is 0 Å². The van der Waals surface area contributed by atoms with E-state index in [1.807, 2.05) is 0 Å². The highest BCUT2D eigenvalue weighted by atomic mass is 28.3. The van der Waals surface area contributed by atoms with Gasteiger partial charge >= 0.3 is 0 Å². The second-order valence-corrected chi connectivity index (χ2v) is 23.5. The van der Waals surface area contributed by atoms with Crippen molar-refractivity contribution in [3.63, 3.8) is 0 Å². The van der Waals surface area contributed by atoms with Gasteiger partial charge in [0.15, 0.2) is 8.07 Å². The van der Waals surface area contributed by atoms with Crippen molar-refractivity contribution in [2.45, 2.75) is 18.4 Å². The predicted molar refractivity (Wildman–Crippen MR) is 300 cm³/mol. The molecule has 1 aliphatic rings. The smallest absolute Gasteiger partial charge is 0.158 e. The van der Waals surface area contributed by atoms with E-state index in [1.165, 1.54) is 92.6 Å². The Labute approximate surface area is 410 Å². The zero-order valence-electron chi connectivity index (χ0n) is 39.1. The molecule has 12 aromatic rings. The number of nitrogens with zero attached hydrogens (tertiary/aromatic N) is 2. The van der Waals surface area contributed by atoms with Crippen molar-refractivity contribution in [3.05, 3.63) is 273 Å². The van der Waals surface area contributed by atoms with Crippen molar-refractivity contribution in [2.24, 2.45) is 0 Å². The molecule has 3 heteroatoms. The molecule has 2 heterocycles. The van der Waals surface area contributed by atoms with Crippen LogP contribution < -0.4 is 15.6 Å². The van der Waals surface area contributed by atoms with E-state index in [4.69, 9.17) is 0 Å². The average molecular weight is 911 g/mol. The third kappa shape index (κ3) is 6.69. The van der Waals surface area contributed by atoms with Crippen LogP contribution in [-0.2, 0) is 0 Å². The van der Waals surface area contributed by atoms with Gasteiger partial charge in [0.2, 0.25) is 0 Å². The quantitative estimate of drug-likeness (QED) is 0.101. The van der Waals surface area contributed by atoms with Gasteiger partial charge in [-0.15, -0.1) is 0 Å². The molecule has 0 radical (unpaired) electrons. The van der Waals surface area contributed by atoms with Gasteiger partial charge in [0, 0.05) is 32.9 Å². The van der Waals surface area contributed by atoms with Crippen LogP contribution in [0, 0.1) is 0 Å². The van der Waals surface area contributed by atoms with E-state index in [1.54, 1.807) is 0 Å². The van der Waals surface area contributed by atoms with Crippen LogP contribution in [0.15, 0.2) is 273 Å². The molecule has 0 bridgehead atoms. The molecule has 0 N–H and O–H groups in total. The molecule has 13 rings (SSSR count). The molecule has 0 amide bonds. The summed E-state index contributed by atoms with van der Waals surface area (Å²) < 4.78 is 4.93. The number of allylic oxidation sites excluding steroid dienone is 4. The summed E-state index contributed by atoms with van der Waals surface area (Å²) in [5.41, 5.74) is 14.4. The minimum absolute atomic E-state index is 0.119. The first-order valence-corrected chi connectivity index (χ1v) is 26.5. The van der Waals surface area contributed by atoms with Crippen molar-refractivity contribution >= 4 is 67.2 Å². The molecule has 0 aliphatic heterocycles. The van der Waals surface area contributed by atoms with Gasteiger partial charge in [0.25, 0.3) is 0 Å². The molecule has 332 valence electrons. The van der Waals surface area contributed by atoms with Gasteiger partial charge in [-0.1, -0.05) is 213 Å². The molecule has 10 aromatic carbocycles. The third-order valence-electron chi connectivity index (χ3n) is 15.2. The summed E-state index contributed by atoms with van der Waals surface area (Å²) in [5.74, 6) is 0. The van der Waals surface area contributed by atoms with Crippen molar-refractivity contribution in [2.75, 3.05) is 0 Å². The van der Waals surface area contributed by atoms with E-state index in [0.29, 0.717) is 0 Å². The average Bonchev–Trinajstić information content (AvgIpc) is 3.94. The van der Waals surface area contributed by atoms with Crippen molar-refractivity contribution in [1.82, 2.24) is 9.13 Å². The van der Waals surface area contributed by atoms with E-state index in [-0.39, 0.29) is 5.04 Å². The molecular weight excluding hydrogens is 861 g/mol. The van der Waals surface area contributed by atoms with Crippen molar-refractivity contribution < 1.29 is 0 Å². The molecule has 1 aliphatic carbocycles. The minimum atomic E-state index is -2.77. The van der Waals surface area contributed by atoms with E-state index >= 15 is 0 Å². The normalized spacial score (nSPS) is 14.8. The molecule has 0 saturated heterocycles. The first-order chi connectivity index (χ1) is 34.6. The van der Waals surface area contributed by atoms with Gasteiger partial charge in [0.05, 0.1) is 22.1 Å². The summed E-state index contributed by atoms with van der Waals surface area (Å²) in [6.07, 6.45) is 10.3. The summed E-state index contributed by atoms with van der Waals surface area (Å²) in [5, 5.41) is 9.10. The fraction of sp³-hybridized carbons (Fsp3) is 0.0448. The highest BCUT2D eigenvalue weighted by Gasteiger charge is 2.53. The number of hydrogen-bond acceptors (Lipinski definition) is 0. The largest absolute Gasteiger partial charge is 0.309 e. The second-order valence-electron chi connectivity index (χ2n) is 19.1. The lowest BCUT2D eigenvalue weighted by atomic mass is 9.97. The SMILES string of the molecule is CC1([Si](c2ccccc2)(c2ccccc2)c2ccc3c4cc(-c5ccc6c(c5)c5ccc(-c7cccc(-c8ccccc8)c7)cc5n6-c5ccccc5)ccc4n(-c4ccccc4)c3c2)C=CC=CC1. The summed E-state index contributed by atoms with van der Waals surface area (Å²) in [7, 11) is -2.77. The lowest BCUT2D eigenvalue weighted by Gasteiger charge is -2.47. The highest BCUT2D eigenvalue weighted by Crippen LogP contribution is 2.46. The Kier molecular flexibility index (Phi) is 10.1. The topological polar surface area (TPSA) is 9.86 Å². The van der Waals surface area contributed by atoms with Crippen LogP contribution in [0.3, 0.4) is 0 Å². The maximum Gasteiger partial charge on any atom is 0.158 e. The van der Waals surface area contributed by atoms with Crippen LogP contribution in [0.2, 0.25) is 5.04 Å². The lowest BCUT2D eigenvalue weighted by molar-refractivity contribution is 0.739. The Balaban J connectivity index is 0.998. The number of rotatable bonds is 9. The van der Waals surface area contributed by atoms with E-state index in [2.05, 4.69) is 289 Å². The van der Waals surface area contributed by atoms with E-state index < -0.39 is 8.07 Å². The van der Waals surface area contributed by atoms with Gasteiger partial charge < -0.3 is 9.13 Å². The Morgan fingerprint density at radius 2 is 0.771 bits per heavy atom. The molecule has 0 spiro atoms. The molecule has 2 aromatic heterocycles. The molecule has 0 saturated carbocycles. The number of aromatic nitrogens is 2. The Morgan fingerprint density at radius 3 is 1.31 bits per heavy atom. The molecule has 1 unspecified atom stereocenters. The highest BCUT2D eigenvalue weighted by molar-refractivity contribution is 7.13. The predicted octanol–water partition coefficient (Wildman–Crippen LogP) is 15.6. The fourth-order valence-electron chi connectivity index (χ4n) is 11.9. The van der Waals surface area contributed by atoms with E-state index in [0.717, 1.165) is 17.8 Å². The van der Waals surface area contributed by atoms with Gasteiger partial charge in [0.1, 0.15) is 0 Å². The Hall–Kier alpha value is -8.50. The van der Waals surface area contributed by atoms with Gasteiger partial charge in [-0.25, -0.2) is 0 Å².